The maximum Gasteiger partial charge on any atom is 0.165 e. The highest BCUT2D eigenvalue weighted by Gasteiger charge is 2.56. The van der Waals surface area contributed by atoms with Gasteiger partial charge in [-0.15, -0.1) is 0 Å². The summed E-state index contributed by atoms with van der Waals surface area (Å²) in [6.07, 6.45) is 4.39. The topological polar surface area (TPSA) is 38.8 Å². The standard InChI is InChI=1S/C25H29NO3/c1-26-13-12-25-15-19(27)9-10-20(25)21(26)14-18-8-11-22(28-2)24(23(18)25)29-16-17-6-4-3-5-7-17/h3-8,11,20-21H,9-10,12-16H2,1-2H3/t20-,21-,25+/m0/s1. The van der Waals surface area contributed by atoms with Gasteiger partial charge in [-0.2, -0.15) is 0 Å². The van der Waals surface area contributed by atoms with E-state index in [2.05, 4.69) is 30.1 Å². The van der Waals surface area contributed by atoms with E-state index >= 15 is 0 Å². The second-order valence-corrected chi connectivity index (χ2v) is 8.92. The number of hydrogen-bond acceptors (Lipinski definition) is 4. The average molecular weight is 392 g/mol. The highest BCUT2D eigenvalue weighted by atomic mass is 16.5. The number of Topliss-reactive ketones (excluding diaryl/α,β-unsaturated/α-hetero) is 1. The lowest BCUT2D eigenvalue weighted by Gasteiger charge is -2.58. The van der Waals surface area contributed by atoms with E-state index < -0.39 is 0 Å². The van der Waals surface area contributed by atoms with Crippen LogP contribution in [0.1, 0.15) is 42.4 Å². The van der Waals surface area contributed by atoms with E-state index in [0.717, 1.165) is 49.3 Å². The molecule has 29 heavy (non-hydrogen) atoms. The Morgan fingerprint density at radius 3 is 2.79 bits per heavy atom. The monoisotopic (exact) mass is 391 g/mol. The fourth-order valence-electron chi connectivity index (χ4n) is 6.12. The van der Waals surface area contributed by atoms with Gasteiger partial charge in [0, 0.05) is 29.9 Å². The number of benzene rings is 2. The van der Waals surface area contributed by atoms with Crippen LogP contribution in [-0.4, -0.2) is 37.4 Å². The molecule has 0 spiro atoms. The van der Waals surface area contributed by atoms with Crippen LogP contribution in [0.25, 0.3) is 0 Å². The number of likely N-dealkylation sites (N-methyl/N-ethyl adjacent to an activating group) is 1. The number of carbonyl (C=O) groups excluding carboxylic acids is 1. The fourth-order valence-corrected chi connectivity index (χ4v) is 6.12. The predicted octanol–water partition coefficient (Wildman–Crippen LogP) is 4.14. The van der Waals surface area contributed by atoms with Gasteiger partial charge in [-0.05, 0) is 56.0 Å². The predicted molar refractivity (Wildman–Crippen MR) is 113 cm³/mol. The van der Waals surface area contributed by atoms with Crippen LogP contribution < -0.4 is 9.47 Å². The van der Waals surface area contributed by atoms with E-state index in [0.29, 0.717) is 30.8 Å². The zero-order chi connectivity index (χ0) is 20.0. The summed E-state index contributed by atoms with van der Waals surface area (Å²) in [6.45, 7) is 1.54. The lowest BCUT2D eigenvalue weighted by atomic mass is 9.52. The summed E-state index contributed by atoms with van der Waals surface area (Å²) in [5.74, 6) is 2.55. The number of fused-ring (bicyclic) bond motifs is 1. The summed E-state index contributed by atoms with van der Waals surface area (Å²) >= 11 is 0. The van der Waals surface area contributed by atoms with E-state index in [1.54, 1.807) is 7.11 Å². The summed E-state index contributed by atoms with van der Waals surface area (Å²) in [5.41, 5.74) is 3.62. The molecule has 2 bridgehead atoms. The zero-order valence-corrected chi connectivity index (χ0v) is 17.3. The van der Waals surface area contributed by atoms with Gasteiger partial charge in [-0.3, -0.25) is 4.79 Å². The molecule has 4 nitrogen and oxygen atoms in total. The molecule has 0 radical (unpaired) electrons. The highest BCUT2D eigenvalue weighted by Crippen LogP contribution is 2.58. The van der Waals surface area contributed by atoms with Crippen LogP contribution in [0.2, 0.25) is 0 Å². The first-order chi connectivity index (χ1) is 14.1. The second kappa shape index (κ2) is 7.17. The van der Waals surface area contributed by atoms with E-state index in [9.17, 15) is 4.79 Å². The molecule has 1 saturated carbocycles. The molecule has 0 aromatic heterocycles. The minimum absolute atomic E-state index is 0.110. The number of nitrogens with zero attached hydrogens (tertiary/aromatic N) is 1. The van der Waals surface area contributed by atoms with Gasteiger partial charge >= 0.3 is 0 Å². The molecule has 1 saturated heterocycles. The lowest BCUT2D eigenvalue weighted by molar-refractivity contribution is -0.127. The van der Waals surface area contributed by atoms with Gasteiger partial charge in [-0.1, -0.05) is 36.4 Å². The molecule has 3 atom stereocenters. The number of methoxy groups -OCH3 is 1. The van der Waals surface area contributed by atoms with Gasteiger partial charge < -0.3 is 14.4 Å². The highest BCUT2D eigenvalue weighted by molar-refractivity contribution is 5.82. The molecule has 0 unspecified atom stereocenters. The number of ether oxygens (including phenoxy) is 2. The quantitative estimate of drug-likeness (QED) is 0.785. The molecule has 5 rings (SSSR count). The van der Waals surface area contributed by atoms with Crippen LogP contribution in [-0.2, 0) is 23.2 Å². The molecular weight excluding hydrogens is 362 g/mol. The van der Waals surface area contributed by atoms with E-state index in [1.807, 2.05) is 24.3 Å². The van der Waals surface area contributed by atoms with Crippen LogP contribution in [0, 0.1) is 5.92 Å². The molecule has 0 amide bonds. The Morgan fingerprint density at radius 1 is 1.17 bits per heavy atom. The van der Waals surface area contributed by atoms with Crippen molar-refractivity contribution >= 4 is 5.78 Å². The minimum Gasteiger partial charge on any atom is -0.493 e. The minimum atomic E-state index is -0.110. The van der Waals surface area contributed by atoms with Gasteiger partial charge in [0.15, 0.2) is 11.5 Å². The first-order valence-corrected chi connectivity index (χ1v) is 10.7. The summed E-state index contributed by atoms with van der Waals surface area (Å²) in [5, 5.41) is 0. The van der Waals surface area contributed by atoms with Gasteiger partial charge in [0.2, 0.25) is 0 Å². The Bertz CT molecular complexity index is 925. The molecule has 2 aromatic rings. The number of piperidine rings is 1. The van der Waals surface area contributed by atoms with Crippen molar-refractivity contribution in [3.63, 3.8) is 0 Å². The van der Waals surface area contributed by atoms with Crippen LogP contribution in [0.4, 0.5) is 0 Å². The van der Waals surface area contributed by atoms with Crippen molar-refractivity contribution in [3.8, 4) is 11.5 Å². The Hall–Kier alpha value is -2.33. The van der Waals surface area contributed by atoms with Gasteiger partial charge in [-0.25, -0.2) is 0 Å². The second-order valence-electron chi connectivity index (χ2n) is 8.92. The lowest BCUT2D eigenvalue weighted by Crippen LogP contribution is -2.61. The molecule has 4 heteroatoms. The smallest absolute Gasteiger partial charge is 0.165 e. The third-order valence-electron chi connectivity index (χ3n) is 7.48. The van der Waals surface area contributed by atoms with Crippen molar-refractivity contribution in [2.75, 3.05) is 20.7 Å². The fraction of sp³-hybridized carbons (Fsp3) is 0.480. The normalized spacial score (nSPS) is 28.4. The summed E-state index contributed by atoms with van der Waals surface area (Å²) < 4.78 is 12.2. The van der Waals surface area contributed by atoms with Gasteiger partial charge in [0.1, 0.15) is 12.4 Å². The Morgan fingerprint density at radius 2 is 2.00 bits per heavy atom. The molecule has 1 heterocycles. The van der Waals surface area contributed by atoms with Crippen molar-refractivity contribution in [1.29, 1.82) is 0 Å². The Balaban J connectivity index is 1.63. The maximum atomic E-state index is 12.7. The summed E-state index contributed by atoms with van der Waals surface area (Å²) in [4.78, 5) is 15.2. The van der Waals surface area contributed by atoms with Crippen LogP contribution in [0.5, 0.6) is 11.5 Å². The zero-order valence-electron chi connectivity index (χ0n) is 17.3. The van der Waals surface area contributed by atoms with Gasteiger partial charge in [0.05, 0.1) is 7.11 Å². The maximum absolute atomic E-state index is 12.7. The Kier molecular flexibility index (Phi) is 4.62. The van der Waals surface area contributed by atoms with Crippen LogP contribution in [0.3, 0.4) is 0 Å². The molecule has 2 fully saturated rings. The van der Waals surface area contributed by atoms with Crippen molar-refractivity contribution in [2.45, 2.75) is 50.2 Å². The first kappa shape index (κ1) is 18.7. The average Bonchev–Trinajstić information content (AvgIpc) is 2.74. The number of rotatable bonds is 4. The number of likely N-dealkylation sites (tertiary alicyclic amines) is 1. The summed E-state index contributed by atoms with van der Waals surface area (Å²) in [6, 6.07) is 15.0. The third-order valence-corrected chi connectivity index (χ3v) is 7.48. The molecule has 2 aromatic carbocycles. The third kappa shape index (κ3) is 2.96. The molecule has 1 aliphatic heterocycles. The van der Waals surface area contributed by atoms with Crippen LogP contribution in [0.15, 0.2) is 42.5 Å². The van der Waals surface area contributed by atoms with E-state index in [-0.39, 0.29) is 5.41 Å². The molecular formula is C25H29NO3. The Labute approximate surface area is 172 Å². The van der Waals surface area contributed by atoms with Crippen molar-refractivity contribution in [1.82, 2.24) is 4.90 Å². The van der Waals surface area contributed by atoms with Crippen LogP contribution >= 0.6 is 0 Å². The van der Waals surface area contributed by atoms with Crippen molar-refractivity contribution < 1.29 is 14.3 Å². The molecule has 2 aliphatic carbocycles. The number of carbonyl (C=O) groups is 1. The van der Waals surface area contributed by atoms with Crippen molar-refractivity contribution in [3.05, 3.63) is 59.2 Å². The largest absolute Gasteiger partial charge is 0.493 e. The molecule has 152 valence electrons. The van der Waals surface area contributed by atoms with Gasteiger partial charge in [0.25, 0.3) is 0 Å². The van der Waals surface area contributed by atoms with E-state index in [4.69, 9.17) is 9.47 Å². The van der Waals surface area contributed by atoms with E-state index in [1.165, 1.54) is 11.1 Å². The molecule has 0 N–H and O–H groups in total. The molecule has 3 aliphatic rings. The number of ketones is 1. The first-order valence-electron chi connectivity index (χ1n) is 10.7. The number of hydrogen-bond donors (Lipinski definition) is 0. The van der Waals surface area contributed by atoms with Crippen molar-refractivity contribution in [2.24, 2.45) is 5.92 Å². The summed E-state index contributed by atoms with van der Waals surface area (Å²) in [7, 11) is 3.95. The SMILES string of the molecule is COc1ccc2c(c1OCc1ccccc1)[C@@]13CCN(C)[C@@H](C2)[C@@H]1CCC(=O)C3.